The smallest absolute Gasteiger partial charge is 0.127 e. The Labute approximate surface area is 223 Å². The summed E-state index contributed by atoms with van der Waals surface area (Å²) in [6, 6.07) is 16.8. The average Bonchev–Trinajstić information content (AvgIpc) is 2.92. The van der Waals surface area contributed by atoms with E-state index in [0.29, 0.717) is 19.8 Å². The minimum atomic E-state index is 0.440. The van der Waals surface area contributed by atoms with Crippen molar-refractivity contribution in [2.24, 2.45) is 5.73 Å². The highest BCUT2D eigenvalue weighted by molar-refractivity contribution is 5.73. The molecule has 0 bridgehead atoms. The lowest BCUT2D eigenvalue weighted by Crippen LogP contribution is -2.18. The van der Waals surface area contributed by atoms with Crippen molar-refractivity contribution in [2.45, 2.75) is 66.5 Å². The lowest BCUT2D eigenvalue weighted by atomic mass is 9.93. The van der Waals surface area contributed by atoms with Crippen molar-refractivity contribution in [3.05, 3.63) is 76.3 Å². The number of methoxy groups -OCH3 is 1. The number of ether oxygens (including phenoxy) is 3. The van der Waals surface area contributed by atoms with Gasteiger partial charge < -0.3 is 25.3 Å². The van der Waals surface area contributed by atoms with Gasteiger partial charge >= 0.3 is 0 Å². The monoisotopic (exact) mass is 504 g/mol. The Bertz CT molecular complexity index is 1140. The van der Waals surface area contributed by atoms with Gasteiger partial charge in [0.1, 0.15) is 23.9 Å². The van der Waals surface area contributed by atoms with Crippen LogP contribution in [0.3, 0.4) is 0 Å². The van der Waals surface area contributed by atoms with Gasteiger partial charge in [-0.25, -0.2) is 0 Å². The van der Waals surface area contributed by atoms with E-state index >= 15 is 0 Å². The maximum absolute atomic E-state index is 6.33. The zero-order chi connectivity index (χ0) is 26.6. The highest BCUT2D eigenvalue weighted by Gasteiger charge is 2.14. The molecule has 0 atom stereocenters. The summed E-state index contributed by atoms with van der Waals surface area (Å²) in [5.74, 6) is 2.56. The van der Waals surface area contributed by atoms with Crippen molar-refractivity contribution in [1.82, 2.24) is 5.32 Å². The van der Waals surface area contributed by atoms with Crippen molar-refractivity contribution in [3.63, 3.8) is 0 Å². The van der Waals surface area contributed by atoms with Gasteiger partial charge in [-0.05, 0) is 91.7 Å². The van der Waals surface area contributed by atoms with E-state index in [1.54, 1.807) is 7.11 Å². The third-order valence-corrected chi connectivity index (χ3v) is 6.93. The van der Waals surface area contributed by atoms with Gasteiger partial charge in [-0.3, -0.25) is 0 Å². The van der Waals surface area contributed by atoms with E-state index in [1.807, 2.05) is 6.07 Å². The van der Waals surface area contributed by atoms with Crippen molar-refractivity contribution in [1.29, 1.82) is 0 Å². The lowest BCUT2D eigenvalue weighted by Gasteiger charge is -2.18. The first-order valence-corrected chi connectivity index (χ1v) is 13.6. The van der Waals surface area contributed by atoms with Crippen LogP contribution in [0.2, 0.25) is 0 Å². The normalized spacial score (nSPS) is 11.0. The van der Waals surface area contributed by atoms with Gasteiger partial charge in [0.05, 0.1) is 13.7 Å². The van der Waals surface area contributed by atoms with Gasteiger partial charge in [0.2, 0.25) is 0 Å². The number of unbranched alkanes of at least 4 members (excludes halogenated alkanes) is 1. The molecule has 0 aliphatic heterocycles. The molecule has 3 rings (SSSR count). The van der Waals surface area contributed by atoms with Gasteiger partial charge in [-0.15, -0.1) is 0 Å². The summed E-state index contributed by atoms with van der Waals surface area (Å²) in [7, 11) is 1.67. The second-order valence-electron chi connectivity index (χ2n) is 9.44. The molecule has 3 aromatic rings. The first-order chi connectivity index (χ1) is 18.0. The second kappa shape index (κ2) is 14.7. The number of nitrogens with two attached hydrogens (primary N) is 1. The summed E-state index contributed by atoms with van der Waals surface area (Å²) in [6.07, 6.45) is 4.31. The fourth-order valence-corrected chi connectivity index (χ4v) is 4.57. The van der Waals surface area contributed by atoms with Crippen LogP contribution in [0, 0.1) is 13.8 Å². The summed E-state index contributed by atoms with van der Waals surface area (Å²) in [5, 5.41) is 3.48. The molecule has 0 heterocycles. The van der Waals surface area contributed by atoms with Crippen LogP contribution < -0.4 is 25.3 Å². The van der Waals surface area contributed by atoms with Gasteiger partial charge in [0.25, 0.3) is 0 Å². The second-order valence-corrected chi connectivity index (χ2v) is 9.44. The van der Waals surface area contributed by atoms with Crippen LogP contribution >= 0.6 is 0 Å². The van der Waals surface area contributed by atoms with Crippen LogP contribution in [-0.2, 0) is 19.6 Å². The largest absolute Gasteiger partial charge is 0.496 e. The predicted molar refractivity (Wildman–Crippen MR) is 154 cm³/mol. The quantitative estimate of drug-likeness (QED) is 0.224. The van der Waals surface area contributed by atoms with Crippen LogP contribution in [0.5, 0.6) is 17.2 Å². The molecule has 37 heavy (non-hydrogen) atoms. The molecule has 200 valence electrons. The first kappa shape index (κ1) is 28.5. The fourth-order valence-electron chi connectivity index (χ4n) is 4.57. The van der Waals surface area contributed by atoms with Gasteiger partial charge in [-0.2, -0.15) is 0 Å². The molecule has 0 aromatic heterocycles. The number of nitrogens with one attached hydrogen (secondary N) is 1. The molecule has 0 unspecified atom stereocenters. The summed E-state index contributed by atoms with van der Waals surface area (Å²) in [5.41, 5.74) is 14.0. The highest BCUT2D eigenvalue weighted by atomic mass is 16.5. The van der Waals surface area contributed by atoms with E-state index in [1.165, 1.54) is 29.5 Å². The summed E-state index contributed by atoms with van der Waals surface area (Å²) in [4.78, 5) is 0. The van der Waals surface area contributed by atoms with E-state index in [-0.39, 0.29) is 0 Å². The predicted octanol–water partition coefficient (Wildman–Crippen LogP) is 6.74. The molecule has 0 fully saturated rings. The molecule has 3 aromatic carbocycles. The molecule has 5 nitrogen and oxygen atoms in total. The van der Waals surface area contributed by atoms with Gasteiger partial charge in [0.15, 0.2) is 0 Å². The molecule has 0 aliphatic rings. The summed E-state index contributed by atoms with van der Waals surface area (Å²) >= 11 is 0. The molecular weight excluding hydrogens is 460 g/mol. The SMILES string of the molecule is CCCCNCCCOc1cccc(-c2cccc(COc3cc(OC)c(CN)cc3CC)c2C)c1C. The molecule has 0 spiro atoms. The van der Waals surface area contributed by atoms with Crippen LogP contribution in [0.15, 0.2) is 48.5 Å². The maximum atomic E-state index is 6.33. The van der Waals surface area contributed by atoms with E-state index in [4.69, 9.17) is 19.9 Å². The average molecular weight is 505 g/mol. The standard InChI is InChI=1S/C32H44N2O3/c1-6-8-16-34-17-11-18-36-30-15-10-14-29(24(30)4)28-13-9-12-26(23(28)3)22-37-32-20-31(35-5)27(21-33)19-25(32)7-2/h9-10,12-15,19-20,34H,6-8,11,16-18,21-22,33H2,1-5H3. The highest BCUT2D eigenvalue weighted by Crippen LogP contribution is 2.34. The molecule has 0 saturated carbocycles. The minimum Gasteiger partial charge on any atom is -0.496 e. The van der Waals surface area contributed by atoms with Crippen molar-refractivity contribution < 1.29 is 14.2 Å². The number of aryl methyl sites for hydroxylation is 1. The van der Waals surface area contributed by atoms with Crippen LogP contribution in [0.1, 0.15) is 60.9 Å². The van der Waals surface area contributed by atoms with Gasteiger partial charge in [-0.1, -0.05) is 50.6 Å². The van der Waals surface area contributed by atoms with E-state index < -0.39 is 0 Å². The van der Waals surface area contributed by atoms with Gasteiger partial charge in [0, 0.05) is 18.2 Å². The number of hydrogen-bond donors (Lipinski definition) is 2. The topological polar surface area (TPSA) is 65.7 Å². The molecule has 0 amide bonds. The van der Waals surface area contributed by atoms with E-state index in [0.717, 1.165) is 65.4 Å². The summed E-state index contributed by atoms with van der Waals surface area (Å²) < 4.78 is 18.0. The molecule has 0 aliphatic carbocycles. The minimum absolute atomic E-state index is 0.440. The summed E-state index contributed by atoms with van der Waals surface area (Å²) in [6.45, 7) is 12.4. The van der Waals surface area contributed by atoms with E-state index in [9.17, 15) is 0 Å². The van der Waals surface area contributed by atoms with Crippen molar-refractivity contribution in [2.75, 3.05) is 26.8 Å². The molecule has 5 heteroatoms. The first-order valence-electron chi connectivity index (χ1n) is 13.6. The zero-order valence-electron chi connectivity index (χ0n) is 23.3. The lowest BCUT2D eigenvalue weighted by molar-refractivity contribution is 0.299. The van der Waals surface area contributed by atoms with Crippen LogP contribution in [-0.4, -0.2) is 26.8 Å². The molecule has 0 radical (unpaired) electrons. The Morgan fingerprint density at radius 1 is 0.757 bits per heavy atom. The Hall–Kier alpha value is -3.02. The Morgan fingerprint density at radius 3 is 2.19 bits per heavy atom. The third kappa shape index (κ3) is 7.50. The Kier molecular flexibility index (Phi) is 11.3. The maximum Gasteiger partial charge on any atom is 0.127 e. The molecule has 0 saturated heterocycles. The van der Waals surface area contributed by atoms with E-state index in [2.05, 4.69) is 75.5 Å². The molecular formula is C32H44N2O3. The number of benzene rings is 3. The van der Waals surface area contributed by atoms with Crippen molar-refractivity contribution >= 4 is 0 Å². The van der Waals surface area contributed by atoms with Crippen LogP contribution in [0.4, 0.5) is 0 Å². The zero-order valence-corrected chi connectivity index (χ0v) is 23.3. The van der Waals surface area contributed by atoms with Crippen molar-refractivity contribution in [3.8, 4) is 28.4 Å². The fraction of sp³-hybridized carbons (Fsp3) is 0.438. The Balaban J connectivity index is 1.73. The number of hydrogen-bond acceptors (Lipinski definition) is 5. The number of rotatable bonds is 15. The van der Waals surface area contributed by atoms with Crippen LogP contribution in [0.25, 0.3) is 11.1 Å². The third-order valence-electron chi connectivity index (χ3n) is 6.93. The molecule has 3 N–H and O–H groups in total. The Morgan fingerprint density at radius 2 is 1.49 bits per heavy atom.